The Morgan fingerprint density at radius 2 is 1.87 bits per heavy atom. The molecular weight excluding hydrogens is 314 g/mol. The van der Waals surface area contributed by atoms with Crippen molar-refractivity contribution < 1.29 is 19.4 Å². The van der Waals surface area contributed by atoms with Crippen molar-refractivity contribution in [1.82, 2.24) is 0 Å². The maximum absolute atomic E-state index is 12.8. The van der Waals surface area contributed by atoms with E-state index in [1.165, 1.54) is 0 Å². The molecule has 0 aliphatic rings. The van der Waals surface area contributed by atoms with Crippen molar-refractivity contribution in [3.05, 3.63) is 46.7 Å². The van der Waals surface area contributed by atoms with E-state index in [0.717, 1.165) is 10.6 Å². The average Bonchev–Trinajstić information content (AvgIpc) is 3.07. The number of anilines is 1. The number of hydrogen-bond acceptors (Lipinski definition) is 4. The first-order valence-corrected chi connectivity index (χ1v) is 7.97. The molecule has 0 saturated carbocycles. The first-order chi connectivity index (χ1) is 10.8. The summed E-state index contributed by atoms with van der Waals surface area (Å²) >= 11 is 1.56. The molecule has 23 heavy (non-hydrogen) atoms. The zero-order valence-electron chi connectivity index (χ0n) is 13.3. The Labute approximate surface area is 139 Å². The fourth-order valence-electron chi connectivity index (χ4n) is 2.19. The van der Waals surface area contributed by atoms with Gasteiger partial charge < -0.3 is 14.7 Å². The number of hydrogen-bond donors (Lipinski definition) is 1. The number of carbonyl (C=O) groups is 2. The lowest BCUT2D eigenvalue weighted by atomic mass is 9.89. The van der Waals surface area contributed by atoms with Crippen molar-refractivity contribution in [2.24, 2.45) is 0 Å². The van der Waals surface area contributed by atoms with E-state index < -0.39 is 11.4 Å². The highest BCUT2D eigenvalue weighted by Gasteiger charge is 2.33. The monoisotopic (exact) mass is 333 g/mol. The Balaban J connectivity index is 2.12. The molecule has 0 radical (unpaired) electrons. The minimum absolute atomic E-state index is 0.0147. The maximum Gasteiger partial charge on any atom is 0.341 e. The Morgan fingerprint density at radius 1 is 1.22 bits per heavy atom. The molecular formula is C17H19NO4S. The number of ether oxygens (including phenoxy) is 1. The summed E-state index contributed by atoms with van der Waals surface area (Å²) in [5.74, 6) is -0.590. The average molecular weight is 333 g/mol. The summed E-state index contributed by atoms with van der Waals surface area (Å²) in [5.41, 5.74) is 0.115. The highest BCUT2D eigenvalue weighted by molar-refractivity contribution is 7.10. The van der Waals surface area contributed by atoms with Crippen molar-refractivity contribution in [3.63, 3.8) is 0 Å². The molecule has 1 aromatic heterocycles. The molecule has 0 aliphatic carbocycles. The molecule has 0 spiro atoms. The zero-order valence-corrected chi connectivity index (χ0v) is 14.1. The first-order valence-electron chi connectivity index (χ1n) is 7.09. The van der Waals surface area contributed by atoms with Gasteiger partial charge in [0.1, 0.15) is 5.75 Å². The van der Waals surface area contributed by atoms with Gasteiger partial charge in [0.25, 0.3) is 0 Å². The van der Waals surface area contributed by atoms with Crippen molar-refractivity contribution >= 4 is 28.9 Å². The fraction of sp³-hybridized carbons (Fsp3) is 0.294. The normalized spacial score (nSPS) is 11.1. The summed E-state index contributed by atoms with van der Waals surface area (Å²) in [6.45, 7) is 3.42. The zero-order chi connectivity index (χ0) is 17.0. The van der Waals surface area contributed by atoms with Gasteiger partial charge in [0.2, 0.25) is 5.91 Å². The number of aliphatic carboxylic acids is 1. The second-order valence-electron chi connectivity index (χ2n) is 5.64. The topological polar surface area (TPSA) is 66.8 Å². The van der Waals surface area contributed by atoms with Crippen LogP contribution in [0.1, 0.15) is 18.7 Å². The summed E-state index contributed by atoms with van der Waals surface area (Å²) < 4.78 is 5.09. The molecule has 0 saturated heterocycles. The number of amides is 1. The lowest BCUT2D eigenvalue weighted by Gasteiger charge is -2.28. The summed E-state index contributed by atoms with van der Waals surface area (Å²) in [6, 6.07) is 10.7. The molecule has 1 amide bonds. The largest absolute Gasteiger partial charge is 0.482 e. The molecule has 1 N–H and O–H groups in total. The summed E-state index contributed by atoms with van der Waals surface area (Å²) in [7, 11) is 1.73. The Kier molecular flexibility index (Phi) is 5.05. The van der Waals surface area contributed by atoms with Gasteiger partial charge in [-0.25, -0.2) is 4.79 Å². The number of nitrogens with zero attached hydrogens (tertiary/aromatic N) is 1. The van der Waals surface area contributed by atoms with Gasteiger partial charge in [-0.15, -0.1) is 11.3 Å². The minimum Gasteiger partial charge on any atom is -0.482 e. The van der Waals surface area contributed by atoms with Crippen LogP contribution in [0.15, 0.2) is 41.8 Å². The molecule has 0 atom stereocenters. The van der Waals surface area contributed by atoms with Crippen LogP contribution in [0.4, 0.5) is 5.69 Å². The fourth-order valence-corrected chi connectivity index (χ4v) is 3.03. The van der Waals surface area contributed by atoms with E-state index in [-0.39, 0.29) is 12.5 Å². The number of likely N-dealkylation sites (N-methyl/N-ethyl adjacent to an activating group) is 1. The van der Waals surface area contributed by atoms with Crippen LogP contribution in [0.3, 0.4) is 0 Å². The summed E-state index contributed by atoms with van der Waals surface area (Å²) in [6.07, 6.45) is 0. The van der Waals surface area contributed by atoms with Crippen LogP contribution in [0, 0.1) is 0 Å². The molecule has 122 valence electrons. The van der Waals surface area contributed by atoms with Gasteiger partial charge in [-0.3, -0.25) is 4.79 Å². The summed E-state index contributed by atoms with van der Waals surface area (Å²) in [5, 5.41) is 10.6. The number of thiophene rings is 1. The smallest absolute Gasteiger partial charge is 0.341 e. The first kappa shape index (κ1) is 17.0. The van der Waals surface area contributed by atoms with Crippen LogP contribution >= 0.6 is 11.3 Å². The number of carbonyl (C=O) groups excluding carboxylic acids is 1. The van der Waals surface area contributed by atoms with Crippen molar-refractivity contribution in [2.45, 2.75) is 19.3 Å². The van der Waals surface area contributed by atoms with Gasteiger partial charge in [0.05, 0.1) is 5.41 Å². The van der Waals surface area contributed by atoms with Crippen molar-refractivity contribution in [2.75, 3.05) is 18.6 Å². The molecule has 6 heteroatoms. The highest BCUT2D eigenvalue weighted by atomic mass is 32.1. The van der Waals surface area contributed by atoms with E-state index in [9.17, 15) is 9.59 Å². The van der Waals surface area contributed by atoms with Gasteiger partial charge >= 0.3 is 5.97 Å². The molecule has 2 rings (SSSR count). The number of carboxylic acids is 1. The molecule has 0 aliphatic heterocycles. The predicted molar refractivity (Wildman–Crippen MR) is 90.3 cm³/mol. The van der Waals surface area contributed by atoms with Gasteiger partial charge in [-0.05, 0) is 49.6 Å². The quantitative estimate of drug-likeness (QED) is 0.882. The molecule has 0 fully saturated rings. The van der Waals surface area contributed by atoms with Gasteiger partial charge in [-0.1, -0.05) is 6.07 Å². The second-order valence-corrected chi connectivity index (χ2v) is 6.59. The summed E-state index contributed by atoms with van der Waals surface area (Å²) in [4.78, 5) is 25.9. The maximum atomic E-state index is 12.8. The second kappa shape index (κ2) is 6.83. The van der Waals surface area contributed by atoms with Crippen LogP contribution in [-0.4, -0.2) is 30.6 Å². The van der Waals surface area contributed by atoms with Crippen molar-refractivity contribution in [3.8, 4) is 5.75 Å². The SMILES string of the molecule is CN(C(=O)C(C)(C)c1cccs1)c1ccc(OCC(=O)O)cc1. The van der Waals surface area contributed by atoms with Gasteiger partial charge in [-0.2, -0.15) is 0 Å². The standard InChI is InChI=1S/C17H19NO4S/c1-17(2,14-5-4-10-23-14)16(21)18(3)12-6-8-13(9-7-12)22-11-15(19)20/h4-10H,11H2,1-3H3,(H,19,20). The van der Waals surface area contributed by atoms with Crippen LogP contribution in [0.5, 0.6) is 5.75 Å². The van der Waals surface area contributed by atoms with Crippen LogP contribution in [0.25, 0.3) is 0 Å². The minimum atomic E-state index is -1.03. The molecule has 0 bridgehead atoms. The molecule has 0 unspecified atom stereocenters. The lowest BCUT2D eigenvalue weighted by Crippen LogP contribution is -2.41. The third kappa shape index (κ3) is 3.90. The van der Waals surface area contributed by atoms with E-state index in [4.69, 9.17) is 9.84 Å². The Bertz CT molecular complexity index is 677. The number of benzene rings is 1. The molecule has 2 aromatic rings. The lowest BCUT2D eigenvalue weighted by molar-refractivity contribution is -0.139. The number of rotatable bonds is 6. The van der Waals surface area contributed by atoms with Crippen LogP contribution < -0.4 is 9.64 Å². The Morgan fingerprint density at radius 3 is 2.39 bits per heavy atom. The van der Waals surface area contributed by atoms with Crippen LogP contribution in [-0.2, 0) is 15.0 Å². The van der Waals surface area contributed by atoms with E-state index in [1.807, 2.05) is 31.4 Å². The molecule has 5 nitrogen and oxygen atoms in total. The van der Waals surface area contributed by atoms with E-state index in [2.05, 4.69) is 0 Å². The Hall–Kier alpha value is -2.34. The molecule has 1 aromatic carbocycles. The predicted octanol–water partition coefficient (Wildman–Crippen LogP) is 3.15. The highest BCUT2D eigenvalue weighted by Crippen LogP contribution is 2.31. The van der Waals surface area contributed by atoms with E-state index in [0.29, 0.717) is 5.75 Å². The third-order valence-electron chi connectivity index (χ3n) is 3.56. The number of carboxylic acid groups (broad SMARTS) is 1. The van der Waals surface area contributed by atoms with Gasteiger partial charge in [0, 0.05) is 17.6 Å². The molecule has 1 heterocycles. The van der Waals surface area contributed by atoms with E-state index >= 15 is 0 Å². The van der Waals surface area contributed by atoms with Crippen LogP contribution in [0.2, 0.25) is 0 Å². The van der Waals surface area contributed by atoms with Crippen molar-refractivity contribution in [1.29, 1.82) is 0 Å². The van der Waals surface area contributed by atoms with Gasteiger partial charge in [0.15, 0.2) is 6.61 Å². The van der Waals surface area contributed by atoms with E-state index in [1.54, 1.807) is 47.5 Å². The third-order valence-corrected chi connectivity index (χ3v) is 4.76.